The minimum absolute atomic E-state index is 0.196. The number of methoxy groups -OCH3 is 1. The van der Waals surface area contributed by atoms with E-state index >= 15 is 0 Å². The highest BCUT2D eigenvalue weighted by Gasteiger charge is 2.11. The second-order valence-electron chi connectivity index (χ2n) is 5.20. The predicted molar refractivity (Wildman–Crippen MR) is 103 cm³/mol. The van der Waals surface area contributed by atoms with Gasteiger partial charge in [0.15, 0.2) is 0 Å². The van der Waals surface area contributed by atoms with Crippen LogP contribution in [0.3, 0.4) is 0 Å². The number of aromatic nitrogens is 2. The van der Waals surface area contributed by atoms with Crippen LogP contribution in [0, 0.1) is 0 Å². The molecule has 0 aliphatic rings. The van der Waals surface area contributed by atoms with Gasteiger partial charge in [-0.1, -0.05) is 23.2 Å². The van der Waals surface area contributed by atoms with Crippen LogP contribution in [0.1, 0.15) is 10.5 Å². The van der Waals surface area contributed by atoms with E-state index in [4.69, 9.17) is 27.9 Å². The first-order valence-corrected chi connectivity index (χ1v) is 8.31. The van der Waals surface area contributed by atoms with Gasteiger partial charge in [-0.05, 0) is 48.5 Å². The van der Waals surface area contributed by atoms with Gasteiger partial charge in [0.25, 0.3) is 5.91 Å². The van der Waals surface area contributed by atoms with Crippen molar-refractivity contribution in [1.82, 2.24) is 9.97 Å². The van der Waals surface area contributed by atoms with Crippen LogP contribution < -0.4 is 15.4 Å². The van der Waals surface area contributed by atoms with Gasteiger partial charge < -0.3 is 15.4 Å². The summed E-state index contributed by atoms with van der Waals surface area (Å²) in [7, 11) is 1.60. The van der Waals surface area contributed by atoms with Crippen LogP contribution in [0.4, 0.5) is 17.3 Å². The zero-order chi connectivity index (χ0) is 18.5. The molecule has 0 radical (unpaired) electrons. The molecule has 0 spiro atoms. The number of nitrogens with zero attached hydrogens (tertiary/aromatic N) is 2. The van der Waals surface area contributed by atoms with E-state index in [1.165, 1.54) is 12.3 Å². The van der Waals surface area contributed by atoms with Gasteiger partial charge in [-0.25, -0.2) is 9.97 Å². The lowest BCUT2D eigenvalue weighted by atomic mass is 10.3. The molecule has 0 aliphatic heterocycles. The van der Waals surface area contributed by atoms with Crippen molar-refractivity contribution in [2.24, 2.45) is 0 Å². The van der Waals surface area contributed by atoms with E-state index in [1.807, 2.05) is 12.1 Å². The van der Waals surface area contributed by atoms with Crippen molar-refractivity contribution >= 4 is 46.4 Å². The number of hydrogen-bond acceptors (Lipinski definition) is 5. The summed E-state index contributed by atoms with van der Waals surface area (Å²) in [5.41, 5.74) is 1.41. The zero-order valence-electron chi connectivity index (χ0n) is 13.7. The maximum absolute atomic E-state index is 12.4. The molecular weight excluding hydrogens is 375 g/mol. The monoisotopic (exact) mass is 388 g/mol. The number of benzene rings is 2. The minimum atomic E-state index is -0.408. The Morgan fingerprint density at radius 2 is 1.85 bits per heavy atom. The Morgan fingerprint density at radius 1 is 1.08 bits per heavy atom. The van der Waals surface area contributed by atoms with Gasteiger partial charge in [0.1, 0.15) is 11.4 Å². The molecule has 132 valence electrons. The largest absolute Gasteiger partial charge is 0.497 e. The molecule has 0 bridgehead atoms. The molecule has 3 aromatic rings. The van der Waals surface area contributed by atoms with Gasteiger partial charge >= 0.3 is 0 Å². The molecular formula is C18H14Cl2N4O2. The molecule has 6 nitrogen and oxygen atoms in total. The molecule has 3 rings (SSSR count). The fraction of sp³-hybridized carbons (Fsp3) is 0.0556. The summed E-state index contributed by atoms with van der Waals surface area (Å²) in [4.78, 5) is 20.7. The molecule has 0 unspecified atom stereocenters. The molecule has 8 heteroatoms. The Hall–Kier alpha value is -2.83. The summed E-state index contributed by atoms with van der Waals surface area (Å²) in [5, 5.41) is 6.56. The number of ether oxygens (including phenoxy) is 1. The smallest absolute Gasteiger partial charge is 0.274 e. The molecule has 0 saturated heterocycles. The average molecular weight is 389 g/mol. The standard InChI is InChI=1S/C18H14Cl2N4O2/c1-26-13-5-3-12(4-6-13)22-18-21-9-8-16(24-18)17(25)23-15-7-2-11(19)10-14(15)20/h2-10H,1H3,(H,23,25)(H,21,22,24). The van der Waals surface area contributed by atoms with Crippen LogP contribution in [-0.2, 0) is 0 Å². The van der Waals surface area contributed by atoms with Gasteiger partial charge in [0.2, 0.25) is 5.95 Å². The van der Waals surface area contributed by atoms with Crippen LogP contribution in [0.2, 0.25) is 10.0 Å². The second kappa shape index (κ2) is 8.03. The van der Waals surface area contributed by atoms with Crippen molar-refractivity contribution in [1.29, 1.82) is 0 Å². The normalized spacial score (nSPS) is 10.3. The molecule has 0 atom stereocenters. The molecule has 1 aromatic heterocycles. The SMILES string of the molecule is COc1ccc(Nc2nccc(C(=O)Nc3ccc(Cl)cc3Cl)n2)cc1. The highest BCUT2D eigenvalue weighted by Crippen LogP contribution is 2.25. The number of anilines is 3. The van der Waals surface area contributed by atoms with E-state index in [9.17, 15) is 4.79 Å². The molecule has 0 fully saturated rings. The highest BCUT2D eigenvalue weighted by molar-refractivity contribution is 6.36. The molecule has 0 aliphatic carbocycles. The van der Waals surface area contributed by atoms with E-state index < -0.39 is 5.91 Å². The lowest BCUT2D eigenvalue weighted by Crippen LogP contribution is -2.15. The van der Waals surface area contributed by atoms with Crippen LogP contribution in [0.25, 0.3) is 0 Å². The maximum Gasteiger partial charge on any atom is 0.274 e. The molecule has 1 heterocycles. The van der Waals surface area contributed by atoms with E-state index in [2.05, 4.69) is 20.6 Å². The van der Waals surface area contributed by atoms with Crippen molar-refractivity contribution in [3.63, 3.8) is 0 Å². The predicted octanol–water partition coefficient (Wildman–Crippen LogP) is 4.79. The second-order valence-corrected chi connectivity index (χ2v) is 6.04. The van der Waals surface area contributed by atoms with Crippen molar-refractivity contribution in [2.45, 2.75) is 0 Å². The van der Waals surface area contributed by atoms with Crippen molar-refractivity contribution < 1.29 is 9.53 Å². The summed E-state index contributed by atoms with van der Waals surface area (Å²) in [5.74, 6) is 0.629. The number of rotatable bonds is 5. The first-order chi connectivity index (χ1) is 12.5. The van der Waals surface area contributed by atoms with Gasteiger partial charge in [-0.3, -0.25) is 4.79 Å². The van der Waals surface area contributed by atoms with Crippen molar-refractivity contribution in [2.75, 3.05) is 17.7 Å². The van der Waals surface area contributed by atoms with Gasteiger partial charge in [0, 0.05) is 16.9 Å². The summed E-state index contributed by atoms with van der Waals surface area (Å²) in [6.45, 7) is 0. The topological polar surface area (TPSA) is 76.1 Å². The van der Waals surface area contributed by atoms with E-state index in [0.717, 1.165) is 11.4 Å². The third-order valence-electron chi connectivity index (χ3n) is 3.41. The molecule has 1 amide bonds. The van der Waals surface area contributed by atoms with E-state index in [1.54, 1.807) is 37.4 Å². The van der Waals surface area contributed by atoms with Crippen LogP contribution in [0.5, 0.6) is 5.75 Å². The van der Waals surface area contributed by atoms with Gasteiger partial charge in [0.05, 0.1) is 17.8 Å². The average Bonchev–Trinajstić information content (AvgIpc) is 2.65. The third-order valence-corrected chi connectivity index (χ3v) is 3.96. The van der Waals surface area contributed by atoms with Gasteiger partial charge in [-0.15, -0.1) is 0 Å². The number of nitrogens with one attached hydrogen (secondary N) is 2. The fourth-order valence-corrected chi connectivity index (χ4v) is 2.58. The number of carbonyl (C=O) groups is 1. The van der Waals surface area contributed by atoms with Crippen molar-refractivity contribution in [3.8, 4) is 5.75 Å². The summed E-state index contributed by atoms with van der Waals surface area (Å²) in [6, 6.07) is 13.6. The maximum atomic E-state index is 12.4. The van der Waals surface area contributed by atoms with E-state index in [-0.39, 0.29) is 5.69 Å². The Labute approximate surface area is 160 Å². The van der Waals surface area contributed by atoms with Gasteiger partial charge in [-0.2, -0.15) is 0 Å². The fourth-order valence-electron chi connectivity index (χ4n) is 2.13. The lowest BCUT2D eigenvalue weighted by Gasteiger charge is -2.09. The molecule has 26 heavy (non-hydrogen) atoms. The summed E-state index contributed by atoms with van der Waals surface area (Å²) >= 11 is 11.9. The minimum Gasteiger partial charge on any atom is -0.497 e. The van der Waals surface area contributed by atoms with Crippen LogP contribution >= 0.6 is 23.2 Å². The number of hydrogen-bond donors (Lipinski definition) is 2. The first kappa shape index (κ1) is 18.0. The number of amides is 1. The molecule has 2 N–H and O–H groups in total. The number of carbonyl (C=O) groups excluding carboxylic acids is 1. The Bertz CT molecular complexity index is 933. The Morgan fingerprint density at radius 3 is 2.54 bits per heavy atom. The quantitative estimate of drug-likeness (QED) is 0.656. The zero-order valence-corrected chi connectivity index (χ0v) is 15.2. The molecule has 0 saturated carbocycles. The van der Waals surface area contributed by atoms with Crippen LogP contribution in [0.15, 0.2) is 54.7 Å². The molecule has 2 aromatic carbocycles. The van der Waals surface area contributed by atoms with Crippen molar-refractivity contribution in [3.05, 3.63) is 70.5 Å². The van der Waals surface area contributed by atoms with Crippen LogP contribution in [-0.4, -0.2) is 23.0 Å². The first-order valence-electron chi connectivity index (χ1n) is 7.55. The number of halogens is 2. The summed E-state index contributed by atoms with van der Waals surface area (Å²) < 4.78 is 5.11. The van der Waals surface area contributed by atoms with E-state index in [0.29, 0.717) is 21.7 Å². The Balaban J connectivity index is 1.74. The Kier molecular flexibility index (Phi) is 5.55. The highest BCUT2D eigenvalue weighted by atomic mass is 35.5. The summed E-state index contributed by atoms with van der Waals surface area (Å²) in [6.07, 6.45) is 1.50. The lowest BCUT2D eigenvalue weighted by molar-refractivity contribution is 0.102. The third kappa shape index (κ3) is 4.41.